The Morgan fingerprint density at radius 2 is 2.12 bits per heavy atom. The van der Waals surface area contributed by atoms with E-state index < -0.39 is 10.8 Å². The number of piperidine rings is 1. The summed E-state index contributed by atoms with van der Waals surface area (Å²) in [6.07, 6.45) is 3.17. The molecule has 24 heavy (non-hydrogen) atoms. The molecule has 1 aromatic carbocycles. The Hall–Kier alpha value is -2.04. The molecular weight excluding hydrogens is 306 g/mol. The Kier molecular flexibility index (Phi) is 2.70. The van der Waals surface area contributed by atoms with E-state index in [1.54, 1.807) is 0 Å². The minimum Gasteiger partial charge on any atom is -0.489 e. The van der Waals surface area contributed by atoms with Crippen molar-refractivity contribution in [2.75, 3.05) is 13.7 Å². The lowest BCUT2D eigenvalue weighted by Gasteiger charge is -2.63. The lowest BCUT2D eigenvalue weighted by Crippen LogP contribution is -2.74. The van der Waals surface area contributed by atoms with Crippen molar-refractivity contribution in [1.82, 2.24) is 5.32 Å². The van der Waals surface area contributed by atoms with Crippen molar-refractivity contribution < 1.29 is 19.1 Å². The first-order chi connectivity index (χ1) is 11.6. The van der Waals surface area contributed by atoms with Crippen molar-refractivity contribution in [3.63, 3.8) is 0 Å². The highest BCUT2D eigenvalue weighted by molar-refractivity contribution is 5.93. The second-order valence-corrected chi connectivity index (χ2v) is 7.59. The quantitative estimate of drug-likeness (QED) is 0.799. The number of ether oxygens (including phenoxy) is 2. The standard InChI is InChI=1S/C19H21NO4/c1-23-16(21)13-10-11-6-7-19(13)17(22)20-9-8-18(19)12-4-2-3-5-14(12)24-15(11)18/h2-5,11,13,15H,6-10H2,1H3,(H,20,22). The van der Waals surface area contributed by atoms with E-state index in [1.807, 2.05) is 18.2 Å². The number of rotatable bonds is 1. The predicted molar refractivity (Wildman–Crippen MR) is 85.4 cm³/mol. The van der Waals surface area contributed by atoms with Crippen LogP contribution in [0.15, 0.2) is 24.3 Å². The van der Waals surface area contributed by atoms with Crippen LogP contribution in [-0.4, -0.2) is 31.6 Å². The molecule has 2 aliphatic heterocycles. The van der Waals surface area contributed by atoms with Gasteiger partial charge in [0.1, 0.15) is 11.9 Å². The molecule has 1 N–H and O–H groups in total. The fourth-order valence-corrected chi connectivity index (χ4v) is 6.28. The molecule has 5 unspecified atom stereocenters. The average molecular weight is 327 g/mol. The van der Waals surface area contributed by atoms with E-state index in [1.165, 1.54) is 7.11 Å². The second-order valence-electron chi connectivity index (χ2n) is 7.59. The van der Waals surface area contributed by atoms with Gasteiger partial charge in [-0.1, -0.05) is 18.2 Å². The summed E-state index contributed by atoms with van der Waals surface area (Å²) in [6, 6.07) is 8.07. The molecule has 3 aliphatic carbocycles. The van der Waals surface area contributed by atoms with Gasteiger partial charge in [0.15, 0.2) is 0 Å². The highest BCUT2D eigenvalue weighted by Gasteiger charge is 2.76. The van der Waals surface area contributed by atoms with Crippen molar-refractivity contribution in [2.45, 2.75) is 37.2 Å². The normalized spacial score (nSPS) is 41.5. The number of carbonyl (C=O) groups is 2. The Labute approximate surface area is 140 Å². The van der Waals surface area contributed by atoms with Gasteiger partial charge in [-0.15, -0.1) is 0 Å². The fraction of sp³-hybridized carbons (Fsp3) is 0.579. The van der Waals surface area contributed by atoms with Crippen molar-refractivity contribution in [2.24, 2.45) is 17.3 Å². The minimum atomic E-state index is -0.746. The van der Waals surface area contributed by atoms with Gasteiger partial charge in [-0.2, -0.15) is 0 Å². The molecule has 4 fully saturated rings. The zero-order valence-electron chi connectivity index (χ0n) is 13.7. The van der Waals surface area contributed by atoms with Crippen LogP contribution >= 0.6 is 0 Å². The zero-order chi connectivity index (χ0) is 16.5. The molecule has 3 saturated carbocycles. The SMILES string of the molecule is COC(=O)C1CC2CCC13C(=O)NCCC31c3ccccc3OC21. The molecule has 1 amide bonds. The number of esters is 1. The number of methoxy groups -OCH3 is 1. The smallest absolute Gasteiger partial charge is 0.309 e. The second kappa shape index (κ2) is 4.52. The summed E-state index contributed by atoms with van der Waals surface area (Å²) in [5, 5.41) is 3.04. The number of hydrogen-bond donors (Lipinski definition) is 1. The van der Waals surface area contributed by atoms with Crippen molar-refractivity contribution >= 4 is 11.9 Å². The van der Waals surface area contributed by atoms with Gasteiger partial charge in [0.2, 0.25) is 5.91 Å². The molecule has 2 bridgehead atoms. The molecule has 0 radical (unpaired) electrons. The van der Waals surface area contributed by atoms with Crippen molar-refractivity contribution in [1.29, 1.82) is 0 Å². The lowest BCUT2D eigenvalue weighted by atomic mass is 9.39. The van der Waals surface area contributed by atoms with Crippen LogP contribution in [0.5, 0.6) is 5.75 Å². The largest absolute Gasteiger partial charge is 0.489 e. The molecule has 2 spiro atoms. The molecule has 1 saturated heterocycles. The Balaban J connectivity index is 1.79. The van der Waals surface area contributed by atoms with E-state index in [9.17, 15) is 9.59 Å². The van der Waals surface area contributed by atoms with E-state index in [0.717, 1.165) is 30.6 Å². The topological polar surface area (TPSA) is 64.6 Å². The molecule has 2 heterocycles. The number of para-hydroxylation sites is 1. The summed E-state index contributed by atoms with van der Waals surface area (Å²) >= 11 is 0. The number of benzene rings is 1. The Morgan fingerprint density at radius 1 is 1.29 bits per heavy atom. The van der Waals surface area contributed by atoms with E-state index in [2.05, 4.69) is 11.4 Å². The molecule has 6 rings (SSSR count). The minimum absolute atomic E-state index is 0.00407. The molecular formula is C19H21NO4. The average Bonchev–Trinajstić information content (AvgIpc) is 2.97. The molecule has 126 valence electrons. The van der Waals surface area contributed by atoms with Gasteiger partial charge in [-0.05, 0) is 37.7 Å². The first kappa shape index (κ1) is 14.3. The van der Waals surface area contributed by atoms with Crippen LogP contribution in [0.25, 0.3) is 0 Å². The van der Waals surface area contributed by atoms with Gasteiger partial charge < -0.3 is 14.8 Å². The van der Waals surface area contributed by atoms with Crippen LogP contribution in [-0.2, 0) is 19.7 Å². The third kappa shape index (κ3) is 1.35. The molecule has 1 aromatic rings. The number of fused-ring (bicyclic) bond motifs is 3. The summed E-state index contributed by atoms with van der Waals surface area (Å²) in [5.74, 6) is 0.562. The maximum Gasteiger partial charge on any atom is 0.309 e. The summed E-state index contributed by atoms with van der Waals surface area (Å²) in [5.41, 5.74) is -0.0285. The predicted octanol–water partition coefficient (Wildman–Crippen LogP) is 1.79. The zero-order valence-corrected chi connectivity index (χ0v) is 13.7. The fourth-order valence-electron chi connectivity index (χ4n) is 6.28. The maximum atomic E-state index is 13.2. The molecule has 0 aromatic heterocycles. The van der Waals surface area contributed by atoms with Crippen LogP contribution in [0, 0.1) is 17.3 Å². The highest BCUT2D eigenvalue weighted by Crippen LogP contribution is 2.70. The van der Waals surface area contributed by atoms with Crippen LogP contribution < -0.4 is 10.1 Å². The molecule has 5 heteroatoms. The van der Waals surface area contributed by atoms with Crippen LogP contribution in [0.1, 0.15) is 31.2 Å². The summed E-state index contributed by atoms with van der Waals surface area (Å²) in [4.78, 5) is 25.8. The Morgan fingerprint density at radius 3 is 2.96 bits per heavy atom. The van der Waals surface area contributed by atoms with Crippen LogP contribution in [0.2, 0.25) is 0 Å². The van der Waals surface area contributed by atoms with E-state index in [4.69, 9.17) is 9.47 Å². The Bertz CT molecular complexity index is 747. The third-order valence-corrected chi connectivity index (χ3v) is 7.07. The van der Waals surface area contributed by atoms with Gasteiger partial charge in [0.25, 0.3) is 0 Å². The van der Waals surface area contributed by atoms with Crippen LogP contribution in [0.4, 0.5) is 0 Å². The number of nitrogens with one attached hydrogen (secondary N) is 1. The van der Waals surface area contributed by atoms with Gasteiger partial charge in [0.05, 0.1) is 23.9 Å². The van der Waals surface area contributed by atoms with E-state index >= 15 is 0 Å². The van der Waals surface area contributed by atoms with Crippen molar-refractivity contribution in [3.05, 3.63) is 29.8 Å². The monoisotopic (exact) mass is 327 g/mol. The third-order valence-electron chi connectivity index (χ3n) is 7.07. The first-order valence-electron chi connectivity index (χ1n) is 8.77. The number of carbonyl (C=O) groups excluding carboxylic acids is 2. The first-order valence-corrected chi connectivity index (χ1v) is 8.77. The maximum absolute atomic E-state index is 13.2. The van der Waals surface area contributed by atoms with Gasteiger partial charge in [-0.3, -0.25) is 9.59 Å². The van der Waals surface area contributed by atoms with Gasteiger partial charge in [-0.25, -0.2) is 0 Å². The van der Waals surface area contributed by atoms with Gasteiger partial charge in [0, 0.05) is 12.1 Å². The van der Waals surface area contributed by atoms with Crippen molar-refractivity contribution in [3.8, 4) is 5.75 Å². The number of amides is 1. The number of hydrogen-bond acceptors (Lipinski definition) is 4. The highest BCUT2D eigenvalue weighted by atomic mass is 16.5. The molecule has 5 aliphatic rings. The summed E-state index contributed by atoms with van der Waals surface area (Å²) in [7, 11) is 1.42. The van der Waals surface area contributed by atoms with E-state index in [-0.39, 0.29) is 23.9 Å². The molecule has 5 nitrogen and oxygen atoms in total. The summed E-state index contributed by atoms with van der Waals surface area (Å²) < 4.78 is 11.5. The summed E-state index contributed by atoms with van der Waals surface area (Å²) in [6.45, 7) is 0.634. The lowest BCUT2D eigenvalue weighted by molar-refractivity contribution is -0.194. The molecule has 5 atom stereocenters. The van der Waals surface area contributed by atoms with E-state index in [0.29, 0.717) is 18.9 Å². The van der Waals surface area contributed by atoms with Gasteiger partial charge >= 0.3 is 5.97 Å². The van der Waals surface area contributed by atoms with Crippen LogP contribution in [0.3, 0.4) is 0 Å².